The van der Waals surface area contributed by atoms with Crippen LogP contribution in [0.15, 0.2) is 54.1 Å². The molecule has 0 spiro atoms. The molecule has 3 nitrogen and oxygen atoms in total. The number of carbonyl (C=O) groups excluding carboxylic acids is 1. The minimum Gasteiger partial charge on any atom is -0.493 e. The summed E-state index contributed by atoms with van der Waals surface area (Å²) < 4.78 is 11.1. The first kappa shape index (κ1) is 15.0. The van der Waals surface area contributed by atoms with Crippen LogP contribution in [0.2, 0.25) is 0 Å². The molecule has 24 heavy (non-hydrogen) atoms. The van der Waals surface area contributed by atoms with Gasteiger partial charge in [0.2, 0.25) is 0 Å². The number of hydrogen-bond acceptors (Lipinski definition) is 3. The fourth-order valence-electron chi connectivity index (χ4n) is 3.84. The summed E-state index contributed by atoms with van der Waals surface area (Å²) in [6.45, 7) is 4.97. The van der Waals surface area contributed by atoms with E-state index in [0.29, 0.717) is 13.2 Å². The number of benzene rings is 2. The molecule has 0 N–H and O–H groups in total. The molecule has 4 rings (SSSR count). The van der Waals surface area contributed by atoms with E-state index in [0.717, 1.165) is 34.4 Å². The molecule has 122 valence electrons. The largest absolute Gasteiger partial charge is 0.493 e. The Morgan fingerprint density at radius 1 is 1.21 bits per heavy atom. The second-order valence-electron chi connectivity index (χ2n) is 6.26. The summed E-state index contributed by atoms with van der Waals surface area (Å²) in [4.78, 5) is 12.9. The van der Waals surface area contributed by atoms with E-state index >= 15 is 0 Å². The molecule has 0 bridgehead atoms. The van der Waals surface area contributed by atoms with Crippen molar-refractivity contribution < 1.29 is 14.3 Å². The number of rotatable bonds is 4. The Labute approximate surface area is 141 Å². The van der Waals surface area contributed by atoms with Crippen molar-refractivity contribution in [3.8, 4) is 5.75 Å². The number of fused-ring (bicyclic) bond motifs is 1. The molecule has 1 heterocycles. The summed E-state index contributed by atoms with van der Waals surface area (Å²) in [6.07, 6.45) is 0.891. The van der Waals surface area contributed by atoms with Gasteiger partial charge < -0.3 is 9.47 Å². The average Bonchev–Trinajstić information content (AvgIpc) is 2.99. The Hall–Kier alpha value is -2.55. The van der Waals surface area contributed by atoms with Crippen LogP contribution in [0, 0.1) is 0 Å². The van der Waals surface area contributed by atoms with E-state index in [9.17, 15) is 4.79 Å². The standard InChI is InChI=1S/C21H20O3/c1-3-23-20(22)21(14(2)19(21)15-7-5-4-6-8-15)17-9-10-18-16(13-17)11-12-24-18/h4-10,13H,3,11-12H2,1-2H3. The van der Waals surface area contributed by atoms with Crippen molar-refractivity contribution in [3.05, 3.63) is 70.8 Å². The summed E-state index contributed by atoms with van der Waals surface area (Å²) >= 11 is 0. The summed E-state index contributed by atoms with van der Waals surface area (Å²) in [5, 5.41) is 0. The molecule has 2 aliphatic rings. The lowest BCUT2D eigenvalue weighted by Crippen LogP contribution is -2.28. The van der Waals surface area contributed by atoms with E-state index in [1.807, 2.05) is 44.2 Å². The predicted molar refractivity (Wildman–Crippen MR) is 93.0 cm³/mol. The number of hydrogen-bond donors (Lipinski definition) is 0. The molecular weight excluding hydrogens is 300 g/mol. The maximum absolute atomic E-state index is 12.9. The molecular formula is C21H20O3. The molecule has 0 radical (unpaired) electrons. The maximum Gasteiger partial charge on any atom is 0.325 e. The first-order valence-electron chi connectivity index (χ1n) is 8.40. The molecule has 2 aromatic carbocycles. The minimum atomic E-state index is -0.741. The van der Waals surface area contributed by atoms with Gasteiger partial charge in [-0.05, 0) is 47.8 Å². The Kier molecular flexibility index (Phi) is 3.45. The van der Waals surface area contributed by atoms with Crippen molar-refractivity contribution in [1.29, 1.82) is 0 Å². The minimum absolute atomic E-state index is 0.180. The first-order chi connectivity index (χ1) is 11.7. The van der Waals surface area contributed by atoms with Gasteiger partial charge in [0.1, 0.15) is 11.2 Å². The van der Waals surface area contributed by atoms with Gasteiger partial charge in [-0.25, -0.2) is 0 Å². The maximum atomic E-state index is 12.9. The molecule has 0 saturated carbocycles. The van der Waals surface area contributed by atoms with Crippen molar-refractivity contribution in [2.45, 2.75) is 25.7 Å². The van der Waals surface area contributed by atoms with Gasteiger partial charge in [-0.3, -0.25) is 4.79 Å². The van der Waals surface area contributed by atoms with Gasteiger partial charge in [0, 0.05) is 6.42 Å². The second-order valence-corrected chi connectivity index (χ2v) is 6.26. The van der Waals surface area contributed by atoms with Crippen molar-refractivity contribution in [1.82, 2.24) is 0 Å². The van der Waals surface area contributed by atoms with Crippen LogP contribution in [0.4, 0.5) is 0 Å². The van der Waals surface area contributed by atoms with Crippen molar-refractivity contribution in [2.24, 2.45) is 0 Å². The van der Waals surface area contributed by atoms with Gasteiger partial charge in [0.05, 0.1) is 13.2 Å². The second kappa shape index (κ2) is 5.52. The SMILES string of the molecule is CCOC(=O)C1(c2ccc3c(c2)CCO3)C(C)=C1c1ccccc1. The highest BCUT2D eigenvalue weighted by Crippen LogP contribution is 2.60. The van der Waals surface area contributed by atoms with Crippen LogP contribution < -0.4 is 4.74 Å². The van der Waals surface area contributed by atoms with Gasteiger partial charge in [0.15, 0.2) is 0 Å². The lowest BCUT2D eigenvalue weighted by molar-refractivity contribution is -0.145. The van der Waals surface area contributed by atoms with Crippen LogP contribution >= 0.6 is 0 Å². The lowest BCUT2D eigenvalue weighted by Gasteiger charge is -2.20. The van der Waals surface area contributed by atoms with Crippen molar-refractivity contribution >= 4 is 11.5 Å². The molecule has 2 aromatic rings. The highest BCUT2D eigenvalue weighted by atomic mass is 16.5. The monoisotopic (exact) mass is 320 g/mol. The molecule has 3 heteroatoms. The molecule has 1 atom stereocenters. The van der Waals surface area contributed by atoms with Crippen LogP contribution in [0.3, 0.4) is 0 Å². The van der Waals surface area contributed by atoms with Gasteiger partial charge in [-0.1, -0.05) is 42.5 Å². The Bertz CT molecular complexity index is 835. The van der Waals surface area contributed by atoms with Crippen molar-refractivity contribution in [3.63, 3.8) is 0 Å². The lowest BCUT2D eigenvalue weighted by atomic mass is 9.85. The summed E-state index contributed by atoms with van der Waals surface area (Å²) in [7, 11) is 0. The van der Waals surface area contributed by atoms with Crippen LogP contribution in [-0.2, 0) is 21.4 Å². The smallest absolute Gasteiger partial charge is 0.325 e. The van der Waals surface area contributed by atoms with Gasteiger partial charge in [0.25, 0.3) is 0 Å². The zero-order valence-corrected chi connectivity index (χ0v) is 14.0. The van der Waals surface area contributed by atoms with Gasteiger partial charge in [-0.2, -0.15) is 0 Å². The first-order valence-corrected chi connectivity index (χ1v) is 8.40. The summed E-state index contributed by atoms with van der Waals surface area (Å²) in [6, 6.07) is 16.2. The number of esters is 1. The van der Waals surface area contributed by atoms with Gasteiger partial charge >= 0.3 is 5.97 Å². The molecule has 1 aliphatic heterocycles. The zero-order valence-electron chi connectivity index (χ0n) is 14.0. The third-order valence-electron chi connectivity index (χ3n) is 5.02. The number of ether oxygens (including phenoxy) is 2. The van der Waals surface area contributed by atoms with Gasteiger partial charge in [-0.15, -0.1) is 0 Å². The van der Waals surface area contributed by atoms with Crippen LogP contribution in [-0.4, -0.2) is 19.2 Å². The topological polar surface area (TPSA) is 35.5 Å². The Morgan fingerprint density at radius 3 is 2.75 bits per heavy atom. The summed E-state index contributed by atoms with van der Waals surface area (Å²) in [5.41, 5.74) is 4.64. The fraction of sp³-hybridized carbons (Fsp3) is 0.286. The molecule has 0 aromatic heterocycles. The molecule has 1 unspecified atom stereocenters. The molecule has 0 saturated heterocycles. The van der Waals surface area contributed by atoms with Crippen LogP contribution in [0.5, 0.6) is 5.75 Å². The predicted octanol–water partition coefficient (Wildman–Crippen LogP) is 3.91. The van der Waals surface area contributed by atoms with Crippen LogP contribution in [0.25, 0.3) is 5.57 Å². The Morgan fingerprint density at radius 2 is 2.00 bits per heavy atom. The van der Waals surface area contributed by atoms with E-state index in [4.69, 9.17) is 9.47 Å². The van der Waals surface area contributed by atoms with Crippen LogP contribution in [0.1, 0.15) is 30.5 Å². The van der Waals surface area contributed by atoms with E-state index in [1.165, 1.54) is 5.56 Å². The van der Waals surface area contributed by atoms with E-state index in [2.05, 4.69) is 18.2 Å². The molecule has 0 amide bonds. The molecule has 1 aliphatic carbocycles. The quantitative estimate of drug-likeness (QED) is 0.801. The third-order valence-corrected chi connectivity index (χ3v) is 5.02. The average molecular weight is 320 g/mol. The Balaban J connectivity index is 1.81. The molecule has 0 fully saturated rings. The highest BCUT2D eigenvalue weighted by molar-refractivity contribution is 6.15. The normalized spacial score (nSPS) is 21.2. The van der Waals surface area contributed by atoms with E-state index in [-0.39, 0.29) is 5.97 Å². The summed E-state index contributed by atoms with van der Waals surface area (Å²) in [5.74, 6) is 0.748. The highest BCUT2D eigenvalue weighted by Gasteiger charge is 2.59. The van der Waals surface area contributed by atoms with E-state index in [1.54, 1.807) is 0 Å². The third kappa shape index (κ3) is 2.01. The number of carbonyl (C=O) groups is 1. The fourth-order valence-corrected chi connectivity index (χ4v) is 3.84. The van der Waals surface area contributed by atoms with Crippen molar-refractivity contribution in [2.75, 3.05) is 13.2 Å². The zero-order chi connectivity index (χ0) is 16.7. The van der Waals surface area contributed by atoms with E-state index < -0.39 is 5.41 Å².